The second kappa shape index (κ2) is 3.22. The van der Waals surface area contributed by atoms with Gasteiger partial charge in [-0.3, -0.25) is 0 Å². The zero-order valence-corrected chi connectivity index (χ0v) is 8.98. The fraction of sp³-hybridized carbons (Fsp3) is 0.818. The molecule has 0 aromatic rings. The third kappa shape index (κ3) is 1.24. The van der Waals surface area contributed by atoms with Gasteiger partial charge in [-0.05, 0) is 18.8 Å². The van der Waals surface area contributed by atoms with E-state index in [4.69, 9.17) is 21.1 Å². The van der Waals surface area contributed by atoms with Crippen LogP contribution in [-0.4, -0.2) is 24.9 Å². The van der Waals surface area contributed by atoms with Crippen LogP contribution in [0.5, 0.6) is 0 Å². The minimum absolute atomic E-state index is 0.240. The normalized spacial score (nSPS) is 34.5. The van der Waals surface area contributed by atoms with Gasteiger partial charge in [0.1, 0.15) is 0 Å². The molecule has 1 aliphatic heterocycles. The first-order valence-electron chi connectivity index (χ1n) is 5.38. The lowest BCUT2D eigenvalue weighted by Gasteiger charge is -2.42. The molecule has 0 aromatic carbocycles. The standard InChI is InChI=1S/C11H15ClO2/c12-7-9-5-8-6-11(2-1-10(8)9)13-3-4-14-11/h9H,1-7H2. The van der Waals surface area contributed by atoms with Crippen LogP contribution in [0.1, 0.15) is 25.7 Å². The van der Waals surface area contributed by atoms with Gasteiger partial charge in [0, 0.05) is 18.7 Å². The number of hydrogen-bond donors (Lipinski definition) is 0. The molecular formula is C11H15ClO2. The van der Waals surface area contributed by atoms with Gasteiger partial charge in [-0.2, -0.15) is 0 Å². The molecule has 1 spiro atoms. The summed E-state index contributed by atoms with van der Waals surface area (Å²) in [5.41, 5.74) is 3.16. The third-order valence-electron chi connectivity index (χ3n) is 3.70. The summed E-state index contributed by atoms with van der Waals surface area (Å²) in [7, 11) is 0. The lowest BCUT2D eigenvalue weighted by atomic mass is 9.69. The molecule has 0 amide bonds. The smallest absolute Gasteiger partial charge is 0.172 e. The highest BCUT2D eigenvalue weighted by Gasteiger charge is 2.45. The van der Waals surface area contributed by atoms with E-state index >= 15 is 0 Å². The molecule has 3 aliphatic rings. The van der Waals surface area contributed by atoms with Gasteiger partial charge in [-0.1, -0.05) is 11.1 Å². The largest absolute Gasteiger partial charge is 0.347 e. The number of hydrogen-bond acceptors (Lipinski definition) is 2. The zero-order chi connectivity index (χ0) is 9.60. The maximum absolute atomic E-state index is 5.88. The molecule has 0 aromatic heterocycles. The van der Waals surface area contributed by atoms with Crippen molar-refractivity contribution in [1.29, 1.82) is 0 Å². The van der Waals surface area contributed by atoms with Crippen LogP contribution in [0, 0.1) is 5.92 Å². The maximum Gasteiger partial charge on any atom is 0.172 e. The van der Waals surface area contributed by atoms with Crippen molar-refractivity contribution in [3.63, 3.8) is 0 Å². The van der Waals surface area contributed by atoms with E-state index in [-0.39, 0.29) is 5.79 Å². The van der Waals surface area contributed by atoms with Crippen molar-refractivity contribution in [3.05, 3.63) is 11.1 Å². The molecule has 78 valence electrons. The van der Waals surface area contributed by atoms with Crippen LogP contribution >= 0.6 is 11.6 Å². The molecule has 1 fully saturated rings. The molecule has 2 aliphatic carbocycles. The molecular weight excluding hydrogens is 200 g/mol. The molecule has 1 saturated heterocycles. The lowest BCUT2D eigenvalue weighted by Crippen LogP contribution is -2.38. The van der Waals surface area contributed by atoms with Crippen molar-refractivity contribution in [2.75, 3.05) is 19.1 Å². The Kier molecular flexibility index (Phi) is 2.12. The predicted octanol–water partition coefficient (Wildman–Crippen LogP) is 2.47. The van der Waals surface area contributed by atoms with Gasteiger partial charge in [0.25, 0.3) is 0 Å². The van der Waals surface area contributed by atoms with Gasteiger partial charge in [-0.15, -0.1) is 11.6 Å². The van der Waals surface area contributed by atoms with Gasteiger partial charge in [-0.25, -0.2) is 0 Å². The van der Waals surface area contributed by atoms with Crippen molar-refractivity contribution in [1.82, 2.24) is 0 Å². The molecule has 3 rings (SSSR count). The molecule has 3 heteroatoms. The van der Waals surface area contributed by atoms with Crippen LogP contribution in [-0.2, 0) is 9.47 Å². The summed E-state index contributed by atoms with van der Waals surface area (Å²) in [6, 6.07) is 0. The van der Waals surface area contributed by atoms with Crippen molar-refractivity contribution in [3.8, 4) is 0 Å². The fourth-order valence-electron chi connectivity index (χ4n) is 2.91. The molecule has 1 unspecified atom stereocenters. The minimum atomic E-state index is -0.240. The van der Waals surface area contributed by atoms with Crippen LogP contribution in [0.4, 0.5) is 0 Å². The maximum atomic E-state index is 5.88. The number of rotatable bonds is 1. The Hall–Kier alpha value is -0.0500. The predicted molar refractivity (Wildman–Crippen MR) is 54.3 cm³/mol. The second-order valence-electron chi connectivity index (χ2n) is 4.47. The summed E-state index contributed by atoms with van der Waals surface area (Å²) in [6.45, 7) is 1.53. The van der Waals surface area contributed by atoms with Crippen LogP contribution in [0.25, 0.3) is 0 Å². The SMILES string of the molecule is ClCC1CC2=C1CCC1(C2)OCCO1. The van der Waals surface area contributed by atoms with E-state index in [1.807, 2.05) is 0 Å². The second-order valence-corrected chi connectivity index (χ2v) is 4.78. The van der Waals surface area contributed by atoms with Gasteiger partial charge >= 0.3 is 0 Å². The molecule has 2 nitrogen and oxygen atoms in total. The van der Waals surface area contributed by atoms with Crippen LogP contribution in [0.15, 0.2) is 11.1 Å². The van der Waals surface area contributed by atoms with Crippen LogP contribution in [0.2, 0.25) is 0 Å². The van der Waals surface area contributed by atoms with E-state index in [0.717, 1.165) is 38.4 Å². The highest BCUT2D eigenvalue weighted by atomic mass is 35.5. The Labute approximate surface area is 89.2 Å². The highest BCUT2D eigenvalue weighted by molar-refractivity contribution is 6.18. The Bertz CT molecular complexity index is 279. The highest BCUT2D eigenvalue weighted by Crippen LogP contribution is 2.49. The van der Waals surface area contributed by atoms with E-state index in [9.17, 15) is 0 Å². The average molecular weight is 215 g/mol. The van der Waals surface area contributed by atoms with Crippen molar-refractivity contribution >= 4 is 11.6 Å². The molecule has 0 N–H and O–H groups in total. The first-order valence-corrected chi connectivity index (χ1v) is 5.91. The first kappa shape index (κ1) is 9.20. The summed E-state index contributed by atoms with van der Waals surface area (Å²) in [5, 5.41) is 0. The molecule has 0 radical (unpaired) electrons. The summed E-state index contributed by atoms with van der Waals surface area (Å²) in [4.78, 5) is 0. The molecule has 0 saturated carbocycles. The topological polar surface area (TPSA) is 18.5 Å². The summed E-state index contributed by atoms with van der Waals surface area (Å²) in [5.74, 6) is 1.20. The van der Waals surface area contributed by atoms with Crippen molar-refractivity contribution in [2.45, 2.75) is 31.5 Å². The van der Waals surface area contributed by atoms with Gasteiger partial charge in [0.05, 0.1) is 13.2 Å². The quantitative estimate of drug-likeness (QED) is 0.493. The summed E-state index contributed by atoms with van der Waals surface area (Å²) < 4.78 is 11.4. The Morgan fingerprint density at radius 2 is 2.14 bits per heavy atom. The Morgan fingerprint density at radius 3 is 2.79 bits per heavy atom. The van der Waals surface area contributed by atoms with E-state index in [0.29, 0.717) is 5.92 Å². The Morgan fingerprint density at radius 1 is 1.36 bits per heavy atom. The lowest BCUT2D eigenvalue weighted by molar-refractivity contribution is -0.166. The number of ether oxygens (including phenoxy) is 2. The number of allylic oxidation sites excluding steroid dienone is 1. The van der Waals surface area contributed by atoms with Crippen molar-refractivity contribution in [2.24, 2.45) is 5.92 Å². The Balaban J connectivity index is 1.76. The number of alkyl halides is 1. The van der Waals surface area contributed by atoms with Crippen molar-refractivity contribution < 1.29 is 9.47 Å². The number of halogens is 1. The van der Waals surface area contributed by atoms with Gasteiger partial charge in [0.2, 0.25) is 0 Å². The molecule has 1 heterocycles. The monoisotopic (exact) mass is 214 g/mol. The van der Waals surface area contributed by atoms with Crippen LogP contribution < -0.4 is 0 Å². The van der Waals surface area contributed by atoms with E-state index in [1.54, 1.807) is 11.1 Å². The zero-order valence-electron chi connectivity index (χ0n) is 8.22. The average Bonchev–Trinajstić information content (AvgIpc) is 2.59. The van der Waals surface area contributed by atoms with E-state index < -0.39 is 0 Å². The first-order chi connectivity index (χ1) is 6.83. The molecule has 1 atom stereocenters. The molecule has 0 bridgehead atoms. The van der Waals surface area contributed by atoms with E-state index in [1.165, 1.54) is 6.42 Å². The van der Waals surface area contributed by atoms with E-state index in [2.05, 4.69) is 0 Å². The fourth-order valence-corrected chi connectivity index (χ4v) is 3.20. The van der Waals surface area contributed by atoms with Crippen LogP contribution in [0.3, 0.4) is 0 Å². The summed E-state index contributed by atoms with van der Waals surface area (Å²) >= 11 is 5.88. The third-order valence-corrected chi connectivity index (χ3v) is 4.07. The summed E-state index contributed by atoms with van der Waals surface area (Å²) in [6.07, 6.45) is 4.33. The molecule has 14 heavy (non-hydrogen) atoms. The van der Waals surface area contributed by atoms with Gasteiger partial charge < -0.3 is 9.47 Å². The van der Waals surface area contributed by atoms with Gasteiger partial charge in [0.15, 0.2) is 5.79 Å². The minimum Gasteiger partial charge on any atom is -0.347 e.